The molecule has 1 unspecified atom stereocenters. The second-order valence-corrected chi connectivity index (χ2v) is 6.22. The summed E-state index contributed by atoms with van der Waals surface area (Å²) in [7, 11) is 0. The zero-order chi connectivity index (χ0) is 16.0. The number of ketones is 1. The van der Waals surface area contributed by atoms with E-state index >= 15 is 0 Å². The fourth-order valence-electron chi connectivity index (χ4n) is 2.73. The van der Waals surface area contributed by atoms with Gasteiger partial charge in [0.05, 0.1) is 5.60 Å². The number of carbonyl (C=O) groups excluding carboxylic acids is 1. The SMILES string of the molecule is CCCCCCCC(=O)CC(C)(O)c1ccc2c(c1)OCO2. The maximum atomic E-state index is 12.1. The topological polar surface area (TPSA) is 55.8 Å². The van der Waals surface area contributed by atoms with Gasteiger partial charge in [-0.1, -0.05) is 38.7 Å². The lowest BCUT2D eigenvalue weighted by Crippen LogP contribution is -2.25. The summed E-state index contributed by atoms with van der Waals surface area (Å²) in [6.45, 7) is 4.06. The molecule has 0 spiro atoms. The monoisotopic (exact) mass is 306 g/mol. The first-order valence-electron chi connectivity index (χ1n) is 8.17. The van der Waals surface area contributed by atoms with Gasteiger partial charge in [0.25, 0.3) is 0 Å². The number of fused-ring (bicyclic) bond motifs is 1. The number of hydrogen-bond donors (Lipinski definition) is 1. The van der Waals surface area contributed by atoms with Crippen molar-refractivity contribution in [1.82, 2.24) is 0 Å². The molecule has 0 aromatic heterocycles. The molecule has 4 nitrogen and oxygen atoms in total. The molecule has 0 amide bonds. The van der Waals surface area contributed by atoms with Crippen LogP contribution in [0.5, 0.6) is 11.5 Å². The zero-order valence-corrected chi connectivity index (χ0v) is 13.6. The normalized spacial score (nSPS) is 15.6. The molecule has 1 atom stereocenters. The van der Waals surface area contributed by atoms with Crippen LogP contribution >= 0.6 is 0 Å². The van der Waals surface area contributed by atoms with Gasteiger partial charge in [-0.15, -0.1) is 0 Å². The number of unbranched alkanes of at least 4 members (excludes halogenated alkanes) is 4. The lowest BCUT2D eigenvalue weighted by atomic mass is 9.89. The van der Waals surface area contributed by atoms with Crippen LogP contribution in [-0.4, -0.2) is 17.7 Å². The van der Waals surface area contributed by atoms with Gasteiger partial charge in [-0.2, -0.15) is 0 Å². The van der Waals surface area contributed by atoms with Crippen LogP contribution in [0.1, 0.15) is 64.4 Å². The van der Waals surface area contributed by atoms with Crippen LogP contribution in [0, 0.1) is 0 Å². The summed E-state index contributed by atoms with van der Waals surface area (Å²) in [5, 5.41) is 10.6. The van der Waals surface area contributed by atoms with Crippen LogP contribution in [0.4, 0.5) is 0 Å². The van der Waals surface area contributed by atoms with Gasteiger partial charge in [0.1, 0.15) is 5.78 Å². The number of aliphatic hydroxyl groups is 1. The molecule has 1 aromatic carbocycles. The summed E-state index contributed by atoms with van der Waals surface area (Å²) in [4.78, 5) is 12.1. The Morgan fingerprint density at radius 1 is 1.18 bits per heavy atom. The number of carbonyl (C=O) groups is 1. The summed E-state index contributed by atoms with van der Waals surface area (Å²) in [6.07, 6.45) is 6.30. The third-order valence-electron chi connectivity index (χ3n) is 4.10. The molecule has 122 valence electrons. The Balaban J connectivity index is 1.86. The molecule has 1 aliphatic rings. The summed E-state index contributed by atoms with van der Waals surface area (Å²) in [5.41, 5.74) is -0.474. The van der Waals surface area contributed by atoms with E-state index < -0.39 is 5.60 Å². The predicted molar refractivity (Wildman–Crippen MR) is 85.1 cm³/mol. The summed E-state index contributed by atoms with van der Waals surface area (Å²) in [6, 6.07) is 5.33. The molecule has 0 aliphatic carbocycles. The number of benzene rings is 1. The smallest absolute Gasteiger partial charge is 0.231 e. The summed E-state index contributed by atoms with van der Waals surface area (Å²) in [5.74, 6) is 1.42. The molecule has 0 saturated carbocycles. The van der Waals surface area contributed by atoms with Crippen molar-refractivity contribution in [3.05, 3.63) is 23.8 Å². The summed E-state index contributed by atoms with van der Waals surface area (Å²) >= 11 is 0. The van der Waals surface area contributed by atoms with E-state index in [0.29, 0.717) is 23.5 Å². The largest absolute Gasteiger partial charge is 0.454 e. The van der Waals surface area contributed by atoms with Crippen molar-refractivity contribution in [3.8, 4) is 11.5 Å². The van der Waals surface area contributed by atoms with Crippen molar-refractivity contribution >= 4 is 5.78 Å². The van der Waals surface area contributed by atoms with Crippen molar-refractivity contribution in [2.24, 2.45) is 0 Å². The zero-order valence-electron chi connectivity index (χ0n) is 13.6. The Labute approximate surface area is 132 Å². The molecule has 1 aliphatic heterocycles. The van der Waals surface area contributed by atoms with E-state index in [1.807, 2.05) is 0 Å². The molecule has 4 heteroatoms. The molecule has 1 aromatic rings. The molecule has 0 radical (unpaired) electrons. The van der Waals surface area contributed by atoms with Crippen LogP contribution in [0.2, 0.25) is 0 Å². The van der Waals surface area contributed by atoms with E-state index in [1.165, 1.54) is 19.3 Å². The molecule has 1 heterocycles. The Morgan fingerprint density at radius 3 is 2.68 bits per heavy atom. The molecule has 2 rings (SSSR count). The maximum absolute atomic E-state index is 12.1. The number of ether oxygens (including phenoxy) is 2. The number of rotatable bonds is 9. The van der Waals surface area contributed by atoms with E-state index in [4.69, 9.17) is 9.47 Å². The van der Waals surface area contributed by atoms with Gasteiger partial charge in [-0.25, -0.2) is 0 Å². The van der Waals surface area contributed by atoms with E-state index in [9.17, 15) is 9.90 Å². The minimum atomic E-state index is -1.17. The van der Waals surface area contributed by atoms with Crippen molar-refractivity contribution in [2.75, 3.05) is 6.79 Å². The maximum Gasteiger partial charge on any atom is 0.231 e. The van der Waals surface area contributed by atoms with Gasteiger partial charge < -0.3 is 14.6 Å². The molecule has 1 N–H and O–H groups in total. The van der Waals surface area contributed by atoms with Crippen LogP contribution in [0.25, 0.3) is 0 Å². The second-order valence-electron chi connectivity index (χ2n) is 6.22. The molecule has 0 saturated heterocycles. The van der Waals surface area contributed by atoms with Crippen molar-refractivity contribution in [2.45, 2.75) is 64.4 Å². The fourth-order valence-corrected chi connectivity index (χ4v) is 2.73. The molecular weight excluding hydrogens is 280 g/mol. The molecular formula is C18H26O4. The van der Waals surface area contributed by atoms with Gasteiger partial charge in [0.2, 0.25) is 6.79 Å². The highest BCUT2D eigenvalue weighted by Gasteiger charge is 2.28. The third kappa shape index (κ3) is 4.47. The fraction of sp³-hybridized carbons (Fsp3) is 0.611. The Hall–Kier alpha value is -1.55. The van der Waals surface area contributed by atoms with Crippen molar-refractivity contribution in [3.63, 3.8) is 0 Å². The van der Waals surface area contributed by atoms with E-state index in [2.05, 4.69) is 6.92 Å². The van der Waals surface area contributed by atoms with Crippen LogP contribution < -0.4 is 9.47 Å². The van der Waals surface area contributed by atoms with Gasteiger partial charge in [0, 0.05) is 12.8 Å². The minimum Gasteiger partial charge on any atom is -0.454 e. The number of hydrogen-bond acceptors (Lipinski definition) is 4. The quantitative estimate of drug-likeness (QED) is 0.702. The van der Waals surface area contributed by atoms with Crippen LogP contribution in [0.15, 0.2) is 18.2 Å². The van der Waals surface area contributed by atoms with E-state index in [0.717, 1.165) is 12.8 Å². The molecule has 0 bridgehead atoms. The average Bonchev–Trinajstić information content (AvgIpc) is 2.94. The van der Waals surface area contributed by atoms with Gasteiger partial charge in [-0.3, -0.25) is 4.79 Å². The average molecular weight is 306 g/mol. The highest BCUT2D eigenvalue weighted by Crippen LogP contribution is 2.36. The van der Waals surface area contributed by atoms with Crippen molar-refractivity contribution < 1.29 is 19.4 Å². The van der Waals surface area contributed by atoms with Gasteiger partial charge >= 0.3 is 0 Å². The van der Waals surface area contributed by atoms with Gasteiger partial charge in [0.15, 0.2) is 11.5 Å². The second kappa shape index (κ2) is 7.63. The Kier molecular flexibility index (Phi) is 5.83. The van der Waals surface area contributed by atoms with Gasteiger partial charge in [-0.05, 0) is 31.0 Å². The lowest BCUT2D eigenvalue weighted by Gasteiger charge is -2.23. The highest BCUT2D eigenvalue weighted by molar-refractivity contribution is 5.79. The predicted octanol–water partition coefficient (Wildman–Crippen LogP) is 3.94. The Morgan fingerprint density at radius 2 is 1.91 bits per heavy atom. The van der Waals surface area contributed by atoms with E-state index in [-0.39, 0.29) is 19.0 Å². The first kappa shape index (κ1) is 16.8. The highest BCUT2D eigenvalue weighted by atomic mass is 16.7. The standard InChI is InChI=1S/C18H26O4/c1-3-4-5-6-7-8-15(19)12-18(2,20)14-9-10-16-17(11-14)22-13-21-16/h9-11,20H,3-8,12-13H2,1-2H3. The first-order chi connectivity index (χ1) is 10.5. The third-order valence-corrected chi connectivity index (χ3v) is 4.10. The van der Waals surface area contributed by atoms with Crippen LogP contribution in [-0.2, 0) is 10.4 Å². The number of Topliss-reactive ketones (excluding diaryl/α,β-unsaturated/α-hetero) is 1. The molecule has 0 fully saturated rings. The first-order valence-corrected chi connectivity index (χ1v) is 8.17. The lowest BCUT2D eigenvalue weighted by molar-refractivity contribution is -0.123. The van der Waals surface area contributed by atoms with E-state index in [1.54, 1.807) is 25.1 Å². The van der Waals surface area contributed by atoms with Crippen LogP contribution in [0.3, 0.4) is 0 Å². The summed E-state index contributed by atoms with van der Waals surface area (Å²) < 4.78 is 10.6. The molecule has 22 heavy (non-hydrogen) atoms. The Bertz CT molecular complexity index is 508. The minimum absolute atomic E-state index is 0.110. The van der Waals surface area contributed by atoms with Crippen molar-refractivity contribution in [1.29, 1.82) is 0 Å².